The first-order chi connectivity index (χ1) is 9.92. The average molecular weight is 317 g/mol. The molecule has 0 amide bonds. The van der Waals surface area contributed by atoms with Crippen LogP contribution in [0.2, 0.25) is 0 Å². The van der Waals surface area contributed by atoms with Crippen molar-refractivity contribution in [3.63, 3.8) is 0 Å². The highest BCUT2D eigenvalue weighted by Gasteiger charge is 2.32. The molecule has 0 aromatic carbocycles. The summed E-state index contributed by atoms with van der Waals surface area (Å²) in [5.41, 5.74) is 5.70. The number of anilines is 2. The number of rotatable bonds is 2. The van der Waals surface area contributed by atoms with Gasteiger partial charge in [0.1, 0.15) is 10.6 Å². The van der Waals surface area contributed by atoms with E-state index in [2.05, 4.69) is 9.97 Å². The lowest BCUT2D eigenvalue weighted by Gasteiger charge is -2.35. The molecule has 0 spiro atoms. The molecule has 2 N–H and O–H groups in total. The largest absolute Gasteiger partial charge is 0.401 e. The highest BCUT2D eigenvalue weighted by molar-refractivity contribution is 7.16. The van der Waals surface area contributed by atoms with Crippen molar-refractivity contribution in [1.29, 1.82) is 0 Å². The molecule has 2 aromatic rings. The third kappa shape index (κ3) is 3.18. The number of halogens is 3. The molecule has 21 heavy (non-hydrogen) atoms. The van der Waals surface area contributed by atoms with E-state index in [0.29, 0.717) is 32.0 Å². The maximum Gasteiger partial charge on any atom is 0.401 e. The molecule has 0 aliphatic carbocycles. The number of nitrogens with zero attached hydrogens (tertiary/aromatic N) is 4. The number of piperazine rings is 1. The van der Waals surface area contributed by atoms with Crippen LogP contribution in [0, 0.1) is 0 Å². The highest BCUT2D eigenvalue weighted by atomic mass is 32.1. The summed E-state index contributed by atoms with van der Waals surface area (Å²) in [5, 5.41) is 2.81. The minimum Gasteiger partial charge on any atom is -0.368 e. The van der Waals surface area contributed by atoms with E-state index in [1.54, 1.807) is 0 Å². The van der Waals surface area contributed by atoms with Crippen molar-refractivity contribution in [3.05, 3.63) is 11.4 Å². The van der Waals surface area contributed by atoms with Crippen molar-refractivity contribution >= 4 is 33.3 Å². The second-order valence-electron chi connectivity index (χ2n) is 4.92. The van der Waals surface area contributed by atoms with Crippen molar-refractivity contribution in [2.75, 3.05) is 43.4 Å². The number of nitrogens with two attached hydrogens (primary N) is 1. The summed E-state index contributed by atoms with van der Waals surface area (Å²) < 4.78 is 37.2. The number of hydrogen-bond donors (Lipinski definition) is 1. The molecule has 0 atom stereocenters. The summed E-state index contributed by atoms with van der Waals surface area (Å²) >= 11 is 1.47. The first-order valence-corrected chi connectivity index (χ1v) is 7.35. The molecule has 3 rings (SSSR count). The van der Waals surface area contributed by atoms with Gasteiger partial charge in [0.15, 0.2) is 0 Å². The van der Waals surface area contributed by atoms with Gasteiger partial charge in [0.25, 0.3) is 0 Å². The average Bonchev–Trinajstić information content (AvgIpc) is 2.85. The van der Waals surface area contributed by atoms with Gasteiger partial charge in [-0.05, 0) is 11.4 Å². The monoisotopic (exact) mass is 317 g/mol. The van der Waals surface area contributed by atoms with E-state index >= 15 is 0 Å². The normalized spacial score (nSPS) is 17.6. The van der Waals surface area contributed by atoms with Crippen LogP contribution in [0.3, 0.4) is 0 Å². The van der Waals surface area contributed by atoms with Crippen molar-refractivity contribution < 1.29 is 13.2 Å². The molecule has 114 valence electrons. The molecule has 2 aromatic heterocycles. The highest BCUT2D eigenvalue weighted by Crippen LogP contribution is 2.29. The lowest BCUT2D eigenvalue weighted by Crippen LogP contribution is -2.49. The Kier molecular flexibility index (Phi) is 3.62. The number of aromatic nitrogens is 2. The second kappa shape index (κ2) is 5.30. The number of thiophene rings is 1. The molecule has 0 unspecified atom stereocenters. The number of alkyl halides is 3. The zero-order valence-corrected chi connectivity index (χ0v) is 11.9. The quantitative estimate of drug-likeness (QED) is 0.917. The van der Waals surface area contributed by atoms with Crippen molar-refractivity contribution in [3.8, 4) is 0 Å². The SMILES string of the molecule is Nc1nc(N2CCN(CC(F)(F)F)CC2)c2ccsc2n1. The van der Waals surface area contributed by atoms with Crippen LogP contribution in [-0.2, 0) is 0 Å². The van der Waals surface area contributed by atoms with Crippen molar-refractivity contribution in [2.24, 2.45) is 0 Å². The fourth-order valence-electron chi connectivity index (χ4n) is 2.47. The van der Waals surface area contributed by atoms with Gasteiger partial charge in [-0.25, -0.2) is 4.98 Å². The van der Waals surface area contributed by atoms with Crippen LogP contribution < -0.4 is 10.6 Å². The summed E-state index contributed by atoms with van der Waals surface area (Å²) in [6.07, 6.45) is -4.15. The zero-order valence-electron chi connectivity index (χ0n) is 11.1. The Balaban J connectivity index is 1.75. The minimum absolute atomic E-state index is 0.192. The smallest absolute Gasteiger partial charge is 0.368 e. The molecule has 1 saturated heterocycles. The van der Waals surface area contributed by atoms with Gasteiger partial charge in [-0.1, -0.05) is 0 Å². The van der Waals surface area contributed by atoms with E-state index in [4.69, 9.17) is 5.73 Å². The van der Waals surface area contributed by atoms with E-state index in [-0.39, 0.29) is 5.95 Å². The molecule has 1 fully saturated rings. The first kappa shape index (κ1) is 14.3. The molecule has 1 aliphatic rings. The number of hydrogen-bond acceptors (Lipinski definition) is 6. The second-order valence-corrected chi connectivity index (χ2v) is 5.82. The molecule has 5 nitrogen and oxygen atoms in total. The van der Waals surface area contributed by atoms with Gasteiger partial charge < -0.3 is 10.6 Å². The molecule has 0 radical (unpaired) electrons. The lowest BCUT2D eigenvalue weighted by molar-refractivity contribution is -0.146. The first-order valence-electron chi connectivity index (χ1n) is 6.47. The Hall–Kier alpha value is -1.61. The van der Waals surface area contributed by atoms with Gasteiger partial charge in [-0.15, -0.1) is 11.3 Å². The van der Waals surface area contributed by atoms with Gasteiger partial charge in [-0.2, -0.15) is 18.2 Å². The van der Waals surface area contributed by atoms with Crippen LogP contribution in [0.1, 0.15) is 0 Å². The van der Waals surface area contributed by atoms with Crippen LogP contribution in [0.5, 0.6) is 0 Å². The van der Waals surface area contributed by atoms with E-state index in [1.165, 1.54) is 16.2 Å². The van der Waals surface area contributed by atoms with Crippen LogP contribution in [0.25, 0.3) is 10.2 Å². The summed E-state index contributed by atoms with van der Waals surface area (Å²) in [5.74, 6) is 0.906. The maximum atomic E-state index is 12.4. The van der Waals surface area contributed by atoms with Gasteiger partial charge in [0.05, 0.1) is 11.9 Å². The number of fused-ring (bicyclic) bond motifs is 1. The van der Waals surface area contributed by atoms with E-state index in [0.717, 1.165) is 10.2 Å². The van der Waals surface area contributed by atoms with Gasteiger partial charge in [-0.3, -0.25) is 4.90 Å². The fraction of sp³-hybridized carbons (Fsp3) is 0.500. The van der Waals surface area contributed by atoms with Gasteiger partial charge in [0.2, 0.25) is 5.95 Å². The van der Waals surface area contributed by atoms with Gasteiger partial charge >= 0.3 is 6.18 Å². The summed E-state index contributed by atoms with van der Waals surface area (Å²) in [6.45, 7) is 0.847. The minimum atomic E-state index is -4.15. The Morgan fingerprint density at radius 3 is 2.57 bits per heavy atom. The molecule has 9 heteroatoms. The van der Waals surface area contributed by atoms with Crippen molar-refractivity contribution in [2.45, 2.75) is 6.18 Å². The molecular weight excluding hydrogens is 303 g/mol. The topological polar surface area (TPSA) is 58.3 Å². The Morgan fingerprint density at radius 2 is 1.90 bits per heavy atom. The molecule has 0 bridgehead atoms. The fourth-order valence-corrected chi connectivity index (χ4v) is 3.23. The standard InChI is InChI=1S/C12H14F3N5S/c13-12(14,15)7-19-2-4-20(5-3-19)9-8-1-6-21-10(8)18-11(16)17-9/h1,6H,2-5,7H2,(H2,16,17,18). The maximum absolute atomic E-state index is 12.4. The van der Waals surface area contributed by atoms with E-state index in [1.807, 2.05) is 16.3 Å². The van der Waals surface area contributed by atoms with Gasteiger partial charge in [0, 0.05) is 26.2 Å². The summed E-state index contributed by atoms with van der Waals surface area (Å²) in [6, 6.07) is 1.91. The lowest BCUT2D eigenvalue weighted by atomic mass is 10.2. The molecule has 1 aliphatic heterocycles. The zero-order chi connectivity index (χ0) is 15.0. The Labute approximate surface area is 123 Å². The molecular formula is C12H14F3N5S. The molecule has 0 saturated carbocycles. The number of nitrogen functional groups attached to an aromatic ring is 1. The predicted molar refractivity (Wildman–Crippen MR) is 76.5 cm³/mol. The third-order valence-electron chi connectivity index (χ3n) is 3.40. The summed E-state index contributed by atoms with van der Waals surface area (Å²) in [7, 11) is 0. The van der Waals surface area contributed by atoms with Crippen LogP contribution >= 0.6 is 11.3 Å². The van der Waals surface area contributed by atoms with Crippen molar-refractivity contribution in [1.82, 2.24) is 14.9 Å². The van der Waals surface area contributed by atoms with Crippen LogP contribution in [0.15, 0.2) is 11.4 Å². The summed E-state index contributed by atoms with van der Waals surface area (Å²) in [4.78, 5) is 12.6. The Bertz CT molecular complexity index is 633. The Morgan fingerprint density at radius 1 is 1.19 bits per heavy atom. The van der Waals surface area contributed by atoms with Crippen LogP contribution in [0.4, 0.5) is 24.9 Å². The third-order valence-corrected chi connectivity index (χ3v) is 4.20. The van der Waals surface area contributed by atoms with E-state index in [9.17, 15) is 13.2 Å². The predicted octanol–water partition coefficient (Wildman–Crippen LogP) is 1.96. The van der Waals surface area contributed by atoms with E-state index < -0.39 is 12.7 Å². The molecule has 3 heterocycles. The van der Waals surface area contributed by atoms with Crippen LogP contribution in [-0.4, -0.2) is 53.8 Å².